The van der Waals surface area contributed by atoms with Crippen LogP contribution in [0.1, 0.15) is 6.42 Å². The summed E-state index contributed by atoms with van der Waals surface area (Å²) in [6, 6.07) is 4.20. The van der Waals surface area contributed by atoms with E-state index >= 15 is 0 Å². The van der Waals surface area contributed by atoms with Crippen molar-refractivity contribution in [1.82, 2.24) is 0 Å². The first-order valence-corrected chi connectivity index (χ1v) is 5.40. The number of hydrogen-bond acceptors (Lipinski definition) is 3. The molecule has 6 heteroatoms. The van der Waals surface area contributed by atoms with E-state index in [0.717, 1.165) is 4.90 Å². The summed E-state index contributed by atoms with van der Waals surface area (Å²) in [5.74, 6) is -2.66. The Morgan fingerprint density at radius 1 is 1.56 bits per heavy atom. The molecule has 1 saturated heterocycles. The van der Waals surface area contributed by atoms with Gasteiger partial charge in [-0.05, 0) is 12.1 Å². The highest BCUT2D eigenvalue weighted by Crippen LogP contribution is 2.35. The molecule has 1 unspecified atom stereocenters. The van der Waals surface area contributed by atoms with E-state index in [1.165, 1.54) is 25.3 Å². The Labute approximate surface area is 103 Å². The molecule has 1 heterocycles. The highest BCUT2D eigenvalue weighted by atomic mass is 19.1. The van der Waals surface area contributed by atoms with Crippen LogP contribution in [0, 0.1) is 11.7 Å². The maximum absolute atomic E-state index is 13.8. The molecule has 1 N–H and O–H groups in total. The smallest absolute Gasteiger partial charge is 0.308 e. The third kappa shape index (κ3) is 2.01. The van der Waals surface area contributed by atoms with Crippen LogP contribution in [0.25, 0.3) is 0 Å². The first-order valence-electron chi connectivity index (χ1n) is 5.40. The number of nitrogens with zero attached hydrogens (tertiary/aromatic N) is 1. The summed E-state index contributed by atoms with van der Waals surface area (Å²) in [4.78, 5) is 23.7. The van der Waals surface area contributed by atoms with Crippen LogP contribution in [0.3, 0.4) is 0 Å². The Hall–Kier alpha value is -2.11. The molecule has 5 nitrogen and oxygen atoms in total. The number of halogens is 1. The third-order valence-electron chi connectivity index (χ3n) is 2.91. The zero-order chi connectivity index (χ0) is 13.3. The number of carbonyl (C=O) groups is 2. The van der Waals surface area contributed by atoms with Gasteiger partial charge >= 0.3 is 5.97 Å². The Kier molecular flexibility index (Phi) is 3.18. The zero-order valence-electron chi connectivity index (χ0n) is 9.72. The second-order valence-electron chi connectivity index (χ2n) is 4.03. The number of ether oxygens (including phenoxy) is 1. The Bertz CT molecular complexity index is 503. The minimum absolute atomic E-state index is 0.00810. The molecule has 0 bridgehead atoms. The van der Waals surface area contributed by atoms with E-state index in [4.69, 9.17) is 9.84 Å². The van der Waals surface area contributed by atoms with Crippen molar-refractivity contribution in [3.63, 3.8) is 0 Å². The Morgan fingerprint density at radius 3 is 2.83 bits per heavy atom. The molecular weight excluding hydrogens is 241 g/mol. The number of rotatable bonds is 3. The Morgan fingerprint density at radius 2 is 2.28 bits per heavy atom. The fourth-order valence-corrected chi connectivity index (χ4v) is 2.01. The lowest BCUT2D eigenvalue weighted by Crippen LogP contribution is -2.27. The van der Waals surface area contributed by atoms with Gasteiger partial charge in [0.1, 0.15) is 11.4 Å². The van der Waals surface area contributed by atoms with Crippen molar-refractivity contribution in [2.75, 3.05) is 18.6 Å². The molecule has 18 heavy (non-hydrogen) atoms. The number of hydrogen-bond donors (Lipinski definition) is 1. The monoisotopic (exact) mass is 253 g/mol. The van der Waals surface area contributed by atoms with Crippen molar-refractivity contribution in [2.45, 2.75) is 6.42 Å². The standard InChI is InChI=1S/C12H12FNO4/c1-18-9-4-2-3-8(13)11(9)14-6-7(12(16)17)5-10(14)15/h2-4,7H,5-6H2,1H3,(H,16,17). The van der Waals surface area contributed by atoms with E-state index in [1.807, 2.05) is 0 Å². The average Bonchev–Trinajstić information content (AvgIpc) is 2.71. The van der Waals surface area contributed by atoms with Crippen molar-refractivity contribution < 1.29 is 23.8 Å². The van der Waals surface area contributed by atoms with Crippen molar-refractivity contribution in [1.29, 1.82) is 0 Å². The topological polar surface area (TPSA) is 66.8 Å². The molecule has 0 saturated carbocycles. The highest BCUT2D eigenvalue weighted by Gasteiger charge is 2.37. The summed E-state index contributed by atoms with van der Waals surface area (Å²) in [5, 5.41) is 8.89. The van der Waals surface area contributed by atoms with Gasteiger partial charge in [-0.15, -0.1) is 0 Å². The molecule has 1 aromatic rings. The first kappa shape index (κ1) is 12.3. The number of carboxylic acids is 1. The maximum atomic E-state index is 13.8. The second-order valence-corrected chi connectivity index (χ2v) is 4.03. The van der Waals surface area contributed by atoms with Crippen LogP contribution in [0.5, 0.6) is 5.75 Å². The van der Waals surface area contributed by atoms with E-state index in [9.17, 15) is 14.0 Å². The Balaban J connectivity index is 2.38. The minimum Gasteiger partial charge on any atom is -0.494 e. The predicted octanol–water partition coefficient (Wildman–Crippen LogP) is 1.27. The van der Waals surface area contributed by atoms with Crippen LogP contribution >= 0.6 is 0 Å². The molecule has 0 aliphatic carbocycles. The number of carbonyl (C=O) groups excluding carboxylic acids is 1. The van der Waals surface area contributed by atoms with Crippen molar-refractivity contribution >= 4 is 17.6 Å². The number of amides is 1. The zero-order valence-corrected chi connectivity index (χ0v) is 9.72. The normalized spacial score (nSPS) is 19.1. The van der Waals surface area contributed by atoms with Crippen molar-refractivity contribution in [3.05, 3.63) is 24.0 Å². The number of anilines is 1. The van der Waals surface area contributed by atoms with Crippen LogP contribution < -0.4 is 9.64 Å². The molecule has 0 aromatic heterocycles. The summed E-state index contributed by atoms with van der Waals surface area (Å²) < 4.78 is 18.8. The summed E-state index contributed by atoms with van der Waals surface area (Å²) in [6.45, 7) is -0.0362. The number of para-hydroxylation sites is 1. The molecule has 1 aliphatic rings. The highest BCUT2D eigenvalue weighted by molar-refractivity contribution is 6.00. The van der Waals surface area contributed by atoms with Crippen molar-refractivity contribution in [3.8, 4) is 5.75 Å². The number of carboxylic acid groups (broad SMARTS) is 1. The van der Waals surface area contributed by atoms with Gasteiger partial charge < -0.3 is 14.7 Å². The molecule has 1 atom stereocenters. The fraction of sp³-hybridized carbons (Fsp3) is 0.333. The molecule has 1 aliphatic heterocycles. The molecule has 1 fully saturated rings. The lowest BCUT2D eigenvalue weighted by molar-refractivity contribution is -0.141. The number of aliphatic carboxylic acids is 1. The fourth-order valence-electron chi connectivity index (χ4n) is 2.01. The van der Waals surface area contributed by atoms with E-state index in [2.05, 4.69) is 0 Å². The van der Waals surface area contributed by atoms with E-state index in [1.54, 1.807) is 0 Å². The lowest BCUT2D eigenvalue weighted by Gasteiger charge is -2.19. The van der Waals surface area contributed by atoms with Gasteiger partial charge in [0.15, 0.2) is 5.82 Å². The quantitative estimate of drug-likeness (QED) is 0.881. The van der Waals surface area contributed by atoms with Gasteiger partial charge in [0.25, 0.3) is 0 Å². The molecule has 1 amide bonds. The third-order valence-corrected chi connectivity index (χ3v) is 2.91. The van der Waals surface area contributed by atoms with Gasteiger partial charge in [-0.1, -0.05) is 6.07 Å². The van der Waals surface area contributed by atoms with Crippen LogP contribution in [0.15, 0.2) is 18.2 Å². The van der Waals surface area contributed by atoms with E-state index in [0.29, 0.717) is 0 Å². The van der Waals surface area contributed by atoms with Gasteiger partial charge in [-0.25, -0.2) is 4.39 Å². The summed E-state index contributed by atoms with van der Waals surface area (Å²) in [6.07, 6.45) is -0.118. The predicted molar refractivity (Wildman–Crippen MR) is 61.0 cm³/mol. The van der Waals surface area contributed by atoms with E-state index < -0.39 is 23.6 Å². The van der Waals surface area contributed by atoms with Crippen LogP contribution in [0.4, 0.5) is 10.1 Å². The van der Waals surface area contributed by atoms with Crippen molar-refractivity contribution in [2.24, 2.45) is 5.92 Å². The van der Waals surface area contributed by atoms with Crippen LogP contribution in [-0.2, 0) is 9.59 Å². The molecular formula is C12H12FNO4. The van der Waals surface area contributed by atoms with Gasteiger partial charge in [0.05, 0.1) is 13.0 Å². The van der Waals surface area contributed by atoms with Gasteiger partial charge in [-0.2, -0.15) is 0 Å². The molecule has 0 spiro atoms. The molecule has 1 aromatic carbocycles. The van der Waals surface area contributed by atoms with Crippen LogP contribution in [-0.4, -0.2) is 30.6 Å². The number of benzene rings is 1. The van der Waals surface area contributed by atoms with E-state index in [-0.39, 0.29) is 24.4 Å². The van der Waals surface area contributed by atoms with Gasteiger partial charge in [-0.3, -0.25) is 9.59 Å². The summed E-state index contributed by atoms with van der Waals surface area (Å²) in [7, 11) is 1.37. The minimum atomic E-state index is -1.05. The second kappa shape index (κ2) is 4.64. The molecule has 96 valence electrons. The molecule has 2 rings (SSSR count). The molecule has 0 radical (unpaired) electrons. The van der Waals surface area contributed by atoms with Gasteiger partial charge in [0.2, 0.25) is 5.91 Å². The maximum Gasteiger partial charge on any atom is 0.308 e. The largest absolute Gasteiger partial charge is 0.494 e. The van der Waals surface area contributed by atoms with Gasteiger partial charge in [0, 0.05) is 13.0 Å². The first-order chi connectivity index (χ1) is 8.54. The summed E-state index contributed by atoms with van der Waals surface area (Å²) >= 11 is 0. The lowest BCUT2D eigenvalue weighted by atomic mass is 10.1. The summed E-state index contributed by atoms with van der Waals surface area (Å²) in [5.41, 5.74) is 0.00810. The SMILES string of the molecule is COc1cccc(F)c1N1CC(C(=O)O)CC1=O. The average molecular weight is 253 g/mol. The van der Waals surface area contributed by atoms with Crippen LogP contribution in [0.2, 0.25) is 0 Å². The number of methoxy groups -OCH3 is 1.